The second-order valence-corrected chi connectivity index (χ2v) is 7.45. The number of sulfone groups is 1. The Morgan fingerprint density at radius 3 is 2.52 bits per heavy atom. The monoisotopic (exact) mass is 356 g/mol. The number of benzene rings is 1. The molecule has 25 heavy (non-hydrogen) atoms. The predicted molar refractivity (Wildman–Crippen MR) is 91.6 cm³/mol. The van der Waals surface area contributed by atoms with Gasteiger partial charge in [-0.25, -0.2) is 8.42 Å². The van der Waals surface area contributed by atoms with Gasteiger partial charge in [0.2, 0.25) is 0 Å². The van der Waals surface area contributed by atoms with Crippen LogP contribution in [0.1, 0.15) is 21.4 Å². The molecule has 0 saturated carbocycles. The van der Waals surface area contributed by atoms with E-state index in [0.29, 0.717) is 5.56 Å². The molecular weight excluding hydrogens is 340 g/mol. The molecule has 3 rings (SSSR count). The fraction of sp³-hybridized carbons (Fsp3) is 0.111. The van der Waals surface area contributed by atoms with Gasteiger partial charge in [-0.15, -0.1) is 0 Å². The van der Waals surface area contributed by atoms with Crippen molar-refractivity contribution in [2.45, 2.75) is 10.1 Å². The maximum Gasteiger partial charge on any atom is 0.287 e. The molecule has 2 aromatic heterocycles. The summed E-state index contributed by atoms with van der Waals surface area (Å²) in [6, 6.07) is 14.6. The van der Waals surface area contributed by atoms with Gasteiger partial charge in [-0.1, -0.05) is 24.3 Å². The van der Waals surface area contributed by atoms with E-state index in [2.05, 4.69) is 10.3 Å². The second kappa shape index (κ2) is 7.31. The lowest BCUT2D eigenvalue weighted by molar-refractivity contribution is 0.0926. The van der Waals surface area contributed by atoms with Crippen molar-refractivity contribution < 1.29 is 17.6 Å². The molecule has 0 spiro atoms. The summed E-state index contributed by atoms with van der Waals surface area (Å²) < 4.78 is 31.1. The van der Waals surface area contributed by atoms with Gasteiger partial charge in [-0.05, 0) is 35.9 Å². The number of carbonyl (C=O) groups excluding carboxylic acids is 1. The van der Waals surface area contributed by atoms with E-state index in [1.165, 1.54) is 30.7 Å². The molecule has 0 aliphatic carbocycles. The molecule has 1 N–H and O–H groups in total. The van der Waals surface area contributed by atoms with Crippen molar-refractivity contribution in [1.29, 1.82) is 0 Å². The summed E-state index contributed by atoms with van der Waals surface area (Å²) in [6.07, 6.45) is 4.44. The summed E-state index contributed by atoms with van der Waals surface area (Å²) in [6.45, 7) is -0.0948. The topological polar surface area (TPSA) is 89.3 Å². The van der Waals surface area contributed by atoms with E-state index in [9.17, 15) is 13.2 Å². The summed E-state index contributed by atoms with van der Waals surface area (Å²) in [5.41, 5.74) is 0.506. The maximum absolute atomic E-state index is 13.0. The van der Waals surface area contributed by atoms with Crippen LogP contribution in [0, 0.1) is 0 Å². The number of furan rings is 1. The van der Waals surface area contributed by atoms with Gasteiger partial charge in [0.05, 0.1) is 11.2 Å². The average molecular weight is 356 g/mol. The van der Waals surface area contributed by atoms with Crippen molar-refractivity contribution in [3.05, 3.63) is 84.6 Å². The number of nitrogens with one attached hydrogen (secondary N) is 1. The zero-order valence-electron chi connectivity index (χ0n) is 13.2. The molecule has 0 saturated heterocycles. The third-order valence-electron chi connectivity index (χ3n) is 3.70. The van der Waals surface area contributed by atoms with Gasteiger partial charge in [0.25, 0.3) is 5.91 Å². The zero-order chi connectivity index (χ0) is 17.7. The van der Waals surface area contributed by atoms with Crippen molar-refractivity contribution in [1.82, 2.24) is 10.3 Å². The van der Waals surface area contributed by atoms with Gasteiger partial charge >= 0.3 is 0 Å². The van der Waals surface area contributed by atoms with Crippen LogP contribution in [0.5, 0.6) is 0 Å². The Morgan fingerprint density at radius 2 is 1.88 bits per heavy atom. The van der Waals surface area contributed by atoms with Crippen molar-refractivity contribution in [3.63, 3.8) is 0 Å². The van der Waals surface area contributed by atoms with E-state index in [1.807, 2.05) is 0 Å². The summed E-state index contributed by atoms with van der Waals surface area (Å²) in [4.78, 5) is 16.3. The van der Waals surface area contributed by atoms with Crippen molar-refractivity contribution in [3.8, 4) is 0 Å². The van der Waals surface area contributed by atoms with Crippen LogP contribution in [0.15, 0.2) is 82.6 Å². The Hall–Kier alpha value is -2.93. The minimum Gasteiger partial charge on any atom is -0.459 e. The minimum atomic E-state index is -3.70. The Morgan fingerprint density at radius 1 is 1.08 bits per heavy atom. The fourth-order valence-electron chi connectivity index (χ4n) is 2.43. The average Bonchev–Trinajstić information content (AvgIpc) is 3.18. The number of aromatic nitrogens is 1. The van der Waals surface area contributed by atoms with Crippen LogP contribution in [0.25, 0.3) is 0 Å². The first-order valence-electron chi connectivity index (χ1n) is 7.59. The van der Waals surface area contributed by atoms with E-state index in [4.69, 9.17) is 4.42 Å². The Kier molecular flexibility index (Phi) is 4.95. The largest absolute Gasteiger partial charge is 0.459 e. The van der Waals surface area contributed by atoms with Gasteiger partial charge < -0.3 is 9.73 Å². The maximum atomic E-state index is 13.0. The lowest BCUT2D eigenvalue weighted by Crippen LogP contribution is -2.31. The number of hydrogen-bond acceptors (Lipinski definition) is 5. The van der Waals surface area contributed by atoms with Gasteiger partial charge in [-0.3, -0.25) is 9.78 Å². The molecule has 0 aliphatic rings. The predicted octanol–water partition coefficient (Wildman–Crippen LogP) is 2.62. The molecule has 1 aromatic carbocycles. The number of pyridine rings is 1. The zero-order valence-corrected chi connectivity index (χ0v) is 14.0. The first-order valence-corrected chi connectivity index (χ1v) is 9.14. The van der Waals surface area contributed by atoms with E-state index < -0.39 is 21.0 Å². The quantitative estimate of drug-likeness (QED) is 0.733. The van der Waals surface area contributed by atoms with Gasteiger partial charge in [0.1, 0.15) is 5.25 Å². The molecule has 0 fully saturated rings. The highest BCUT2D eigenvalue weighted by Gasteiger charge is 2.30. The van der Waals surface area contributed by atoms with Crippen molar-refractivity contribution in [2.75, 3.05) is 6.54 Å². The van der Waals surface area contributed by atoms with E-state index >= 15 is 0 Å². The first-order chi connectivity index (χ1) is 12.1. The van der Waals surface area contributed by atoms with E-state index in [1.54, 1.807) is 42.6 Å². The van der Waals surface area contributed by atoms with Gasteiger partial charge in [0.15, 0.2) is 15.6 Å². The van der Waals surface area contributed by atoms with Crippen LogP contribution in [0.2, 0.25) is 0 Å². The third kappa shape index (κ3) is 3.77. The molecule has 6 nitrogen and oxygen atoms in total. The summed E-state index contributed by atoms with van der Waals surface area (Å²) >= 11 is 0. The van der Waals surface area contributed by atoms with Crippen LogP contribution in [0.3, 0.4) is 0 Å². The molecule has 128 valence electrons. The molecule has 3 aromatic rings. The molecular formula is C18H16N2O4S. The van der Waals surface area contributed by atoms with Crippen LogP contribution >= 0.6 is 0 Å². The van der Waals surface area contributed by atoms with Gasteiger partial charge in [0, 0.05) is 18.9 Å². The van der Waals surface area contributed by atoms with Crippen LogP contribution in [-0.4, -0.2) is 25.9 Å². The highest BCUT2D eigenvalue weighted by molar-refractivity contribution is 7.91. The van der Waals surface area contributed by atoms with Crippen molar-refractivity contribution >= 4 is 15.7 Å². The summed E-state index contributed by atoms with van der Waals surface area (Å²) in [5, 5.41) is 1.66. The highest BCUT2D eigenvalue weighted by Crippen LogP contribution is 2.28. The highest BCUT2D eigenvalue weighted by atomic mass is 32.2. The number of nitrogens with zero attached hydrogens (tertiary/aromatic N) is 1. The van der Waals surface area contributed by atoms with Crippen LogP contribution in [-0.2, 0) is 9.84 Å². The minimum absolute atomic E-state index is 0.0948. The van der Waals surface area contributed by atoms with Crippen molar-refractivity contribution in [2.24, 2.45) is 0 Å². The number of carbonyl (C=O) groups is 1. The second-order valence-electron chi connectivity index (χ2n) is 5.32. The molecule has 7 heteroatoms. The molecule has 0 bridgehead atoms. The molecule has 1 amide bonds. The number of rotatable bonds is 6. The number of hydrogen-bond donors (Lipinski definition) is 1. The number of amides is 1. The standard InChI is InChI=1S/C18H16N2O4S/c21-18(16-9-5-11-24-16)20-13-17(14-6-4-10-19-12-14)25(22,23)15-7-2-1-3-8-15/h1-12,17H,13H2,(H,20,21)/t17-/m0/s1. The van der Waals surface area contributed by atoms with E-state index in [0.717, 1.165) is 0 Å². The summed E-state index contributed by atoms with van der Waals surface area (Å²) in [7, 11) is -3.70. The third-order valence-corrected chi connectivity index (χ3v) is 5.81. The van der Waals surface area contributed by atoms with E-state index in [-0.39, 0.29) is 17.2 Å². The Labute approximate surface area is 145 Å². The van der Waals surface area contributed by atoms with Crippen LogP contribution < -0.4 is 5.32 Å². The smallest absolute Gasteiger partial charge is 0.287 e. The van der Waals surface area contributed by atoms with Crippen LogP contribution in [0.4, 0.5) is 0 Å². The lowest BCUT2D eigenvalue weighted by atomic mass is 10.2. The molecule has 0 unspecified atom stereocenters. The normalized spacial score (nSPS) is 12.5. The lowest BCUT2D eigenvalue weighted by Gasteiger charge is -2.18. The first kappa shape index (κ1) is 16.9. The fourth-order valence-corrected chi connectivity index (χ4v) is 4.09. The molecule has 1 atom stereocenters. The summed E-state index contributed by atoms with van der Waals surface area (Å²) in [5.74, 6) is -0.343. The van der Waals surface area contributed by atoms with Gasteiger partial charge in [-0.2, -0.15) is 0 Å². The molecule has 2 heterocycles. The molecule has 0 aliphatic heterocycles. The Bertz CT molecular complexity index is 924. The Balaban J connectivity index is 1.90. The molecule has 0 radical (unpaired) electrons. The SMILES string of the molecule is O=C(NC[C@@H](c1cccnc1)S(=O)(=O)c1ccccc1)c1ccco1.